The van der Waals surface area contributed by atoms with Crippen molar-refractivity contribution in [3.8, 4) is 5.75 Å². The Morgan fingerprint density at radius 2 is 1.95 bits per heavy atom. The number of benzene rings is 1. The van der Waals surface area contributed by atoms with Gasteiger partial charge in [-0.05, 0) is 45.7 Å². The van der Waals surface area contributed by atoms with Gasteiger partial charge >= 0.3 is 0 Å². The van der Waals surface area contributed by atoms with Gasteiger partial charge in [0.25, 0.3) is 0 Å². The number of nitrogens with two attached hydrogens (primary N) is 1. The second-order valence-corrected chi connectivity index (χ2v) is 7.44. The zero-order valence-electron chi connectivity index (χ0n) is 13.3. The molecule has 116 valence electrons. The Bertz CT molecular complexity index is 502. The molecule has 2 aliphatic heterocycles. The van der Waals surface area contributed by atoms with Gasteiger partial charge in [0.15, 0.2) is 0 Å². The minimum absolute atomic E-state index is 0.0641. The van der Waals surface area contributed by atoms with E-state index < -0.39 is 0 Å². The molecular weight excluding hydrogens is 264 g/mol. The van der Waals surface area contributed by atoms with Crippen molar-refractivity contribution < 1.29 is 9.47 Å². The topological polar surface area (TPSA) is 56.5 Å². The molecule has 0 aliphatic carbocycles. The van der Waals surface area contributed by atoms with Crippen molar-refractivity contribution in [3.05, 3.63) is 29.8 Å². The van der Waals surface area contributed by atoms with Crippen molar-refractivity contribution in [2.24, 2.45) is 11.8 Å². The van der Waals surface area contributed by atoms with Crippen LogP contribution in [-0.2, 0) is 11.2 Å². The minimum atomic E-state index is -0.210. The highest BCUT2D eigenvalue weighted by molar-refractivity contribution is 5.37. The second-order valence-electron chi connectivity index (χ2n) is 7.44. The van der Waals surface area contributed by atoms with Crippen molar-refractivity contribution in [1.29, 1.82) is 0 Å². The fourth-order valence-electron chi connectivity index (χ4n) is 4.06. The smallest absolute Gasteiger partial charge is 0.123 e. The molecule has 3 rings (SSSR count). The molecule has 3 unspecified atom stereocenters. The molecule has 1 aromatic carbocycles. The molecule has 3 atom stereocenters. The summed E-state index contributed by atoms with van der Waals surface area (Å²) in [7, 11) is 0. The Morgan fingerprint density at radius 1 is 1.24 bits per heavy atom. The third-order valence-electron chi connectivity index (χ3n) is 4.84. The monoisotopic (exact) mass is 290 g/mol. The lowest BCUT2D eigenvalue weighted by molar-refractivity contribution is -0.0811. The second kappa shape index (κ2) is 4.97. The molecule has 1 aromatic rings. The lowest BCUT2D eigenvalue weighted by Crippen LogP contribution is -2.54. The van der Waals surface area contributed by atoms with Crippen molar-refractivity contribution in [1.82, 2.24) is 5.43 Å². The van der Waals surface area contributed by atoms with E-state index in [9.17, 15) is 0 Å². The first-order chi connectivity index (χ1) is 9.82. The van der Waals surface area contributed by atoms with E-state index in [-0.39, 0.29) is 23.3 Å². The Kier molecular flexibility index (Phi) is 3.51. The van der Waals surface area contributed by atoms with E-state index >= 15 is 0 Å². The van der Waals surface area contributed by atoms with Crippen LogP contribution >= 0.6 is 0 Å². The van der Waals surface area contributed by atoms with E-state index in [1.807, 2.05) is 12.1 Å². The van der Waals surface area contributed by atoms with E-state index in [4.69, 9.17) is 15.3 Å². The summed E-state index contributed by atoms with van der Waals surface area (Å²) >= 11 is 0. The van der Waals surface area contributed by atoms with Crippen LogP contribution in [0.1, 0.15) is 39.7 Å². The Hall–Kier alpha value is -1.10. The highest BCUT2D eigenvalue weighted by atomic mass is 16.5. The SMILES string of the molecule is CC1(C)CC(C(NN)C2Cc3ccccc3O2)C(C)(C)O1. The maximum absolute atomic E-state index is 6.22. The zero-order valence-corrected chi connectivity index (χ0v) is 13.3. The molecule has 0 saturated carbocycles. The van der Waals surface area contributed by atoms with Gasteiger partial charge in [-0.1, -0.05) is 18.2 Å². The largest absolute Gasteiger partial charge is 0.488 e. The van der Waals surface area contributed by atoms with Gasteiger partial charge in [0, 0.05) is 12.3 Å². The van der Waals surface area contributed by atoms with Crippen LogP contribution in [0.25, 0.3) is 0 Å². The predicted molar refractivity (Wildman–Crippen MR) is 83.0 cm³/mol. The van der Waals surface area contributed by atoms with E-state index in [0.717, 1.165) is 18.6 Å². The maximum Gasteiger partial charge on any atom is 0.123 e. The number of fused-ring (bicyclic) bond motifs is 1. The third kappa shape index (κ3) is 2.68. The number of nitrogens with one attached hydrogen (secondary N) is 1. The summed E-state index contributed by atoms with van der Waals surface area (Å²) in [6, 6.07) is 8.31. The lowest BCUT2D eigenvalue weighted by Gasteiger charge is -2.35. The van der Waals surface area contributed by atoms with Crippen molar-refractivity contribution in [2.45, 2.75) is 63.9 Å². The molecule has 21 heavy (non-hydrogen) atoms. The molecule has 0 bridgehead atoms. The van der Waals surface area contributed by atoms with Crippen LogP contribution < -0.4 is 16.0 Å². The fraction of sp³-hybridized carbons (Fsp3) is 0.647. The van der Waals surface area contributed by atoms with Crippen molar-refractivity contribution >= 4 is 0 Å². The Morgan fingerprint density at radius 3 is 2.52 bits per heavy atom. The predicted octanol–water partition coefficient (Wildman–Crippen LogP) is 2.42. The average Bonchev–Trinajstić information content (AvgIpc) is 2.88. The minimum Gasteiger partial charge on any atom is -0.488 e. The number of rotatable bonds is 3. The molecule has 0 spiro atoms. The molecular formula is C17H26N2O2. The van der Waals surface area contributed by atoms with E-state index in [0.29, 0.717) is 5.92 Å². The van der Waals surface area contributed by atoms with E-state index in [1.54, 1.807) is 0 Å². The summed E-state index contributed by atoms with van der Waals surface area (Å²) in [4.78, 5) is 0. The first-order valence-corrected chi connectivity index (χ1v) is 7.73. The van der Waals surface area contributed by atoms with E-state index in [1.165, 1.54) is 5.56 Å². The maximum atomic E-state index is 6.22. The highest BCUT2D eigenvalue weighted by Crippen LogP contribution is 2.45. The normalized spacial score (nSPS) is 30.7. The van der Waals surface area contributed by atoms with Crippen LogP contribution in [0.4, 0.5) is 0 Å². The highest BCUT2D eigenvalue weighted by Gasteiger charge is 2.51. The summed E-state index contributed by atoms with van der Waals surface area (Å²) < 4.78 is 12.4. The van der Waals surface area contributed by atoms with Gasteiger partial charge in [-0.15, -0.1) is 0 Å². The van der Waals surface area contributed by atoms with Gasteiger partial charge < -0.3 is 9.47 Å². The van der Waals surface area contributed by atoms with Gasteiger partial charge in [0.1, 0.15) is 11.9 Å². The molecule has 4 heteroatoms. The number of hydrogen-bond donors (Lipinski definition) is 2. The fourth-order valence-corrected chi connectivity index (χ4v) is 4.06. The molecule has 0 aromatic heterocycles. The van der Waals surface area contributed by atoms with Crippen LogP contribution in [0, 0.1) is 5.92 Å². The number of hydrazine groups is 1. The molecule has 3 N–H and O–H groups in total. The molecule has 4 nitrogen and oxygen atoms in total. The van der Waals surface area contributed by atoms with Gasteiger partial charge in [-0.2, -0.15) is 0 Å². The molecule has 1 fully saturated rings. The lowest BCUT2D eigenvalue weighted by atomic mass is 9.79. The third-order valence-corrected chi connectivity index (χ3v) is 4.84. The summed E-state index contributed by atoms with van der Waals surface area (Å²) in [5.41, 5.74) is 3.95. The van der Waals surface area contributed by atoms with Gasteiger partial charge in [0.05, 0.1) is 17.2 Å². The van der Waals surface area contributed by atoms with Gasteiger partial charge in [-0.3, -0.25) is 11.3 Å². The van der Waals surface area contributed by atoms with Crippen LogP contribution in [0.5, 0.6) is 5.75 Å². The first kappa shape index (κ1) is 14.8. The van der Waals surface area contributed by atoms with Crippen molar-refractivity contribution in [3.63, 3.8) is 0 Å². The van der Waals surface area contributed by atoms with E-state index in [2.05, 4.69) is 45.3 Å². The number of para-hydroxylation sites is 1. The summed E-state index contributed by atoms with van der Waals surface area (Å²) in [6.07, 6.45) is 1.94. The standard InChI is InChI=1S/C17H26N2O2/c1-16(2)10-12(17(3,4)21-16)15(19-18)14-9-11-7-5-6-8-13(11)20-14/h5-8,12,14-15,19H,9-10,18H2,1-4H3. The van der Waals surface area contributed by atoms with Crippen LogP contribution in [0.15, 0.2) is 24.3 Å². The van der Waals surface area contributed by atoms with Gasteiger partial charge in [0.2, 0.25) is 0 Å². The van der Waals surface area contributed by atoms with Gasteiger partial charge in [-0.25, -0.2) is 0 Å². The number of ether oxygens (including phenoxy) is 2. The Labute approximate surface area is 127 Å². The summed E-state index contributed by atoms with van der Waals surface area (Å²) in [5, 5.41) is 0. The van der Waals surface area contributed by atoms with Crippen molar-refractivity contribution in [2.75, 3.05) is 0 Å². The molecule has 1 saturated heterocycles. The molecule has 2 heterocycles. The molecule has 0 radical (unpaired) electrons. The van der Waals surface area contributed by atoms with Crippen LogP contribution in [0.3, 0.4) is 0 Å². The summed E-state index contributed by atoms with van der Waals surface area (Å²) in [6.45, 7) is 8.59. The quantitative estimate of drug-likeness (QED) is 0.663. The Balaban J connectivity index is 1.81. The first-order valence-electron chi connectivity index (χ1n) is 7.73. The molecule has 2 aliphatic rings. The average molecular weight is 290 g/mol. The van der Waals surface area contributed by atoms with Crippen LogP contribution in [0.2, 0.25) is 0 Å². The van der Waals surface area contributed by atoms with Crippen LogP contribution in [-0.4, -0.2) is 23.3 Å². The number of hydrogen-bond acceptors (Lipinski definition) is 4. The zero-order chi connectivity index (χ0) is 15.3. The summed E-state index contributed by atoms with van der Waals surface area (Å²) in [5.74, 6) is 7.19. The molecule has 0 amide bonds.